The molecular formula is C21H20N4O4S. The molecule has 1 heterocycles. The zero-order valence-electron chi connectivity index (χ0n) is 16.4. The number of hydrogen-bond donors (Lipinski definition) is 2. The molecule has 0 unspecified atom stereocenters. The molecule has 0 aliphatic carbocycles. The summed E-state index contributed by atoms with van der Waals surface area (Å²) in [6.07, 6.45) is 3.25. The van der Waals surface area contributed by atoms with E-state index >= 15 is 0 Å². The van der Waals surface area contributed by atoms with E-state index in [4.69, 9.17) is 4.74 Å². The summed E-state index contributed by atoms with van der Waals surface area (Å²) in [5.41, 5.74) is 4.29. The number of aromatic nitrogens is 1. The summed E-state index contributed by atoms with van der Waals surface area (Å²) in [5.74, 6) is -0.145. The first-order valence-electron chi connectivity index (χ1n) is 8.91. The van der Waals surface area contributed by atoms with Gasteiger partial charge in [0.05, 0.1) is 23.4 Å². The maximum Gasteiger partial charge on any atom is 0.271 e. The van der Waals surface area contributed by atoms with Crippen LogP contribution in [0.3, 0.4) is 0 Å². The number of carbonyl (C=O) groups is 1. The molecule has 0 saturated heterocycles. The van der Waals surface area contributed by atoms with E-state index in [2.05, 4.69) is 20.2 Å². The molecular weight excluding hydrogens is 404 g/mol. The monoisotopic (exact) mass is 424 g/mol. The number of amides is 1. The molecule has 0 fully saturated rings. The van der Waals surface area contributed by atoms with Crippen LogP contribution < -0.4 is 14.9 Å². The smallest absolute Gasteiger partial charge is 0.271 e. The molecule has 3 rings (SSSR count). The van der Waals surface area contributed by atoms with E-state index in [1.807, 2.05) is 0 Å². The van der Waals surface area contributed by atoms with Crippen LogP contribution in [0.1, 0.15) is 22.8 Å². The molecule has 0 bridgehead atoms. The van der Waals surface area contributed by atoms with Gasteiger partial charge in [0.1, 0.15) is 5.75 Å². The van der Waals surface area contributed by atoms with Crippen molar-refractivity contribution in [2.75, 3.05) is 11.8 Å². The molecule has 2 aromatic carbocycles. The lowest BCUT2D eigenvalue weighted by Gasteiger charge is -2.12. The number of hydrogen-bond acceptors (Lipinski definition) is 6. The first kappa shape index (κ1) is 21.0. The molecule has 0 aliphatic heterocycles. The fourth-order valence-electron chi connectivity index (χ4n) is 2.59. The number of rotatable bonds is 7. The van der Waals surface area contributed by atoms with Crippen molar-refractivity contribution in [2.45, 2.75) is 11.8 Å². The van der Waals surface area contributed by atoms with Gasteiger partial charge < -0.3 is 4.74 Å². The van der Waals surface area contributed by atoms with Gasteiger partial charge >= 0.3 is 0 Å². The number of pyridine rings is 1. The molecule has 2 N–H and O–H groups in total. The molecule has 0 aliphatic rings. The van der Waals surface area contributed by atoms with Crippen LogP contribution in [0.15, 0.2) is 83.1 Å². The van der Waals surface area contributed by atoms with Crippen molar-refractivity contribution < 1.29 is 17.9 Å². The van der Waals surface area contributed by atoms with Crippen molar-refractivity contribution in [2.24, 2.45) is 5.10 Å². The molecule has 0 radical (unpaired) electrons. The van der Waals surface area contributed by atoms with E-state index in [-0.39, 0.29) is 10.5 Å². The third kappa shape index (κ3) is 5.00. The number of benzene rings is 2. The third-order valence-electron chi connectivity index (χ3n) is 4.18. The molecule has 3 aromatic rings. The largest absolute Gasteiger partial charge is 0.495 e. The highest BCUT2D eigenvalue weighted by Crippen LogP contribution is 2.26. The maximum absolute atomic E-state index is 12.8. The number of nitrogens with one attached hydrogen (secondary N) is 2. The molecule has 9 heteroatoms. The lowest BCUT2D eigenvalue weighted by molar-refractivity contribution is 0.0954. The predicted molar refractivity (Wildman–Crippen MR) is 114 cm³/mol. The number of hydrazone groups is 1. The summed E-state index contributed by atoms with van der Waals surface area (Å²) < 4.78 is 33.2. The molecule has 1 amide bonds. The van der Waals surface area contributed by atoms with Gasteiger partial charge in [0, 0.05) is 23.5 Å². The van der Waals surface area contributed by atoms with E-state index < -0.39 is 15.9 Å². The highest BCUT2D eigenvalue weighted by atomic mass is 32.2. The Morgan fingerprint density at radius 1 is 1.00 bits per heavy atom. The van der Waals surface area contributed by atoms with Crippen LogP contribution in [0.2, 0.25) is 0 Å². The van der Waals surface area contributed by atoms with Crippen LogP contribution in [-0.4, -0.2) is 32.1 Å². The topological polar surface area (TPSA) is 110 Å². The van der Waals surface area contributed by atoms with Gasteiger partial charge in [-0.05, 0) is 49.4 Å². The van der Waals surface area contributed by atoms with E-state index in [0.717, 1.165) is 5.56 Å². The first-order chi connectivity index (χ1) is 14.4. The number of anilines is 1. The van der Waals surface area contributed by atoms with Crippen molar-refractivity contribution in [3.8, 4) is 5.75 Å². The second kappa shape index (κ2) is 9.19. The van der Waals surface area contributed by atoms with E-state index in [9.17, 15) is 13.2 Å². The average molecular weight is 424 g/mol. The number of carbonyl (C=O) groups excluding carboxylic acids is 1. The van der Waals surface area contributed by atoms with Gasteiger partial charge in [-0.1, -0.05) is 18.2 Å². The van der Waals surface area contributed by atoms with Gasteiger partial charge in [-0.2, -0.15) is 5.10 Å². The molecule has 1 aromatic heterocycles. The highest BCUT2D eigenvalue weighted by molar-refractivity contribution is 7.92. The minimum absolute atomic E-state index is 0.0594. The molecule has 0 saturated carbocycles. The van der Waals surface area contributed by atoms with Crippen molar-refractivity contribution in [1.29, 1.82) is 0 Å². The molecule has 0 spiro atoms. The Balaban J connectivity index is 1.79. The summed E-state index contributed by atoms with van der Waals surface area (Å²) >= 11 is 0. The third-order valence-corrected chi connectivity index (χ3v) is 5.54. The SMILES string of the molecule is COc1ccccc1NS(=O)(=O)c1cccc(C(=O)N/N=C(\C)c2ccncc2)c1. The summed E-state index contributed by atoms with van der Waals surface area (Å²) in [4.78, 5) is 16.3. The fourth-order valence-corrected chi connectivity index (χ4v) is 3.71. The summed E-state index contributed by atoms with van der Waals surface area (Å²) in [7, 11) is -2.48. The number of sulfonamides is 1. The van der Waals surface area contributed by atoms with E-state index in [0.29, 0.717) is 17.1 Å². The Hall–Kier alpha value is -3.72. The minimum atomic E-state index is -3.93. The molecule has 8 nitrogen and oxygen atoms in total. The predicted octanol–water partition coefficient (Wildman–Crippen LogP) is 3.05. The van der Waals surface area contributed by atoms with Crippen LogP contribution in [0, 0.1) is 0 Å². The van der Waals surface area contributed by atoms with Gasteiger partial charge in [-0.25, -0.2) is 13.8 Å². The van der Waals surface area contributed by atoms with Gasteiger partial charge in [-0.15, -0.1) is 0 Å². The quantitative estimate of drug-likeness (QED) is 0.447. The van der Waals surface area contributed by atoms with Crippen LogP contribution in [0.5, 0.6) is 5.75 Å². The van der Waals surface area contributed by atoms with Crippen LogP contribution >= 0.6 is 0 Å². The summed E-state index contributed by atoms with van der Waals surface area (Å²) in [6.45, 7) is 1.74. The fraction of sp³-hybridized carbons (Fsp3) is 0.0952. The second-order valence-electron chi connectivity index (χ2n) is 6.21. The first-order valence-corrected chi connectivity index (χ1v) is 10.4. The van der Waals surface area contributed by atoms with Crippen LogP contribution in [0.4, 0.5) is 5.69 Å². The highest BCUT2D eigenvalue weighted by Gasteiger charge is 2.18. The number of para-hydroxylation sites is 2. The zero-order chi connectivity index (χ0) is 21.6. The number of methoxy groups -OCH3 is 1. The Labute approximate surface area is 174 Å². The molecule has 0 atom stereocenters. The van der Waals surface area contributed by atoms with Gasteiger partial charge in [0.25, 0.3) is 15.9 Å². The maximum atomic E-state index is 12.8. The van der Waals surface area contributed by atoms with Crippen LogP contribution in [0.25, 0.3) is 0 Å². The van der Waals surface area contributed by atoms with Gasteiger partial charge in [0.2, 0.25) is 0 Å². The molecule has 154 valence electrons. The zero-order valence-corrected chi connectivity index (χ0v) is 17.2. The number of nitrogens with zero attached hydrogens (tertiary/aromatic N) is 2. The van der Waals surface area contributed by atoms with Crippen molar-refractivity contribution in [3.05, 3.63) is 84.2 Å². The Bertz CT molecular complexity index is 1180. The summed E-state index contributed by atoms with van der Waals surface area (Å²) in [6, 6.07) is 15.9. The van der Waals surface area contributed by atoms with E-state index in [1.165, 1.54) is 31.4 Å². The van der Waals surface area contributed by atoms with Crippen molar-refractivity contribution in [3.63, 3.8) is 0 Å². The molecule has 30 heavy (non-hydrogen) atoms. The average Bonchev–Trinajstić information content (AvgIpc) is 2.78. The van der Waals surface area contributed by atoms with Crippen molar-refractivity contribution in [1.82, 2.24) is 10.4 Å². The number of ether oxygens (including phenoxy) is 1. The Morgan fingerprint density at radius 3 is 2.47 bits per heavy atom. The Kier molecular flexibility index (Phi) is 6.43. The minimum Gasteiger partial charge on any atom is -0.495 e. The summed E-state index contributed by atoms with van der Waals surface area (Å²) in [5, 5.41) is 4.06. The van der Waals surface area contributed by atoms with E-state index in [1.54, 1.807) is 55.7 Å². The van der Waals surface area contributed by atoms with Gasteiger partial charge in [0.15, 0.2) is 0 Å². The Morgan fingerprint density at radius 2 is 1.73 bits per heavy atom. The standard InChI is InChI=1S/C21H20N4O4S/c1-15(16-10-12-22-13-11-16)23-24-21(26)17-6-5-7-18(14-17)30(27,28)25-19-8-3-4-9-20(19)29-2/h3-14,25H,1-2H3,(H,24,26)/b23-15+. The van der Waals surface area contributed by atoms with Crippen LogP contribution in [-0.2, 0) is 10.0 Å². The van der Waals surface area contributed by atoms with Gasteiger partial charge in [-0.3, -0.25) is 14.5 Å². The normalized spacial score (nSPS) is 11.6. The lowest BCUT2D eigenvalue weighted by atomic mass is 10.2. The second-order valence-corrected chi connectivity index (χ2v) is 7.89. The van der Waals surface area contributed by atoms with Crippen molar-refractivity contribution >= 4 is 27.3 Å². The lowest BCUT2D eigenvalue weighted by Crippen LogP contribution is -2.20.